The van der Waals surface area contributed by atoms with E-state index in [1.54, 1.807) is 41.7 Å². The largest absolute Gasteiger partial charge is 0.504 e. The predicted molar refractivity (Wildman–Crippen MR) is 139 cm³/mol. The molecule has 5 aliphatic rings. The second-order valence-electron chi connectivity index (χ2n) is 11.8. The van der Waals surface area contributed by atoms with Crippen molar-refractivity contribution in [2.24, 2.45) is 5.92 Å². The number of phenols is 1. The number of piperidine rings is 1. The molecule has 0 radical (unpaired) electrons. The van der Waals surface area contributed by atoms with Gasteiger partial charge in [0.05, 0.1) is 30.0 Å². The molecule has 8 nitrogen and oxygen atoms in total. The number of hydrogen-bond donors (Lipinski definition) is 1. The number of hydrogen-bond acceptors (Lipinski definition) is 7. The lowest BCUT2D eigenvalue weighted by atomic mass is 9.48. The minimum absolute atomic E-state index is 0.0396. The van der Waals surface area contributed by atoms with E-state index in [4.69, 9.17) is 13.9 Å². The lowest BCUT2D eigenvalue weighted by molar-refractivity contribution is -0.223. The number of amides is 1. The Labute approximate surface area is 222 Å². The smallest absolute Gasteiger partial charge is 0.303 e. The number of aromatic hydroxyl groups is 1. The van der Waals surface area contributed by atoms with Crippen LogP contribution in [0.2, 0.25) is 0 Å². The summed E-state index contributed by atoms with van der Waals surface area (Å²) in [5, 5.41) is 10.9. The molecule has 2 aromatic rings. The van der Waals surface area contributed by atoms with Crippen molar-refractivity contribution in [1.82, 2.24) is 9.80 Å². The summed E-state index contributed by atoms with van der Waals surface area (Å²) in [4.78, 5) is 30.4. The summed E-state index contributed by atoms with van der Waals surface area (Å²) in [5.41, 5.74) is 1.57. The number of esters is 1. The highest BCUT2D eigenvalue weighted by atomic mass is 16.6. The van der Waals surface area contributed by atoms with E-state index in [1.165, 1.54) is 19.8 Å². The Morgan fingerprint density at radius 3 is 2.82 bits per heavy atom. The molecule has 8 heteroatoms. The van der Waals surface area contributed by atoms with Crippen LogP contribution >= 0.6 is 0 Å². The third-order valence-electron chi connectivity index (χ3n) is 9.82. The molecule has 2 bridgehead atoms. The highest BCUT2D eigenvalue weighted by Crippen LogP contribution is 2.67. The van der Waals surface area contributed by atoms with Crippen LogP contribution in [0.5, 0.6) is 11.5 Å². The van der Waals surface area contributed by atoms with Gasteiger partial charge in [0, 0.05) is 37.7 Å². The van der Waals surface area contributed by atoms with E-state index in [9.17, 15) is 14.7 Å². The lowest BCUT2D eigenvalue weighted by Crippen LogP contribution is -2.79. The number of likely N-dealkylation sites (N-methyl/N-ethyl adjacent to an activating group) is 1. The molecule has 38 heavy (non-hydrogen) atoms. The van der Waals surface area contributed by atoms with E-state index < -0.39 is 17.1 Å². The number of carbonyl (C=O) groups excluding carboxylic acids is 2. The van der Waals surface area contributed by atoms with Crippen LogP contribution in [0, 0.1) is 5.92 Å². The maximum atomic E-state index is 13.3. The molecule has 1 N–H and O–H groups in total. The number of likely N-dealkylation sites (tertiary alicyclic amines) is 1. The van der Waals surface area contributed by atoms with E-state index in [2.05, 4.69) is 4.90 Å². The minimum Gasteiger partial charge on any atom is -0.504 e. The topological polar surface area (TPSA) is 92.5 Å². The van der Waals surface area contributed by atoms with Gasteiger partial charge < -0.3 is 23.9 Å². The van der Waals surface area contributed by atoms with Crippen molar-refractivity contribution < 1.29 is 28.6 Å². The van der Waals surface area contributed by atoms with Crippen LogP contribution in [0.15, 0.2) is 41.2 Å². The standard InChI is InChI=1S/C30H34N2O6/c1-18(33)38-30-11-9-22(31(2)25(35)8-5-20-10-14-36-17-20)28-29(30)12-13-32(16-19-3-4-19)24(30)15-21-6-7-23(34)27(37-28)26(21)29/h5-8,10,14,17,19,22,24,28,34H,3-4,9,11-13,15-16H2,1-2H3/b8-5+/t22-,24-,28+,29+,30-/m1/s1. The van der Waals surface area contributed by atoms with Gasteiger partial charge >= 0.3 is 5.97 Å². The fraction of sp³-hybridized carbons (Fsp3) is 0.533. The molecule has 3 heterocycles. The molecule has 1 saturated heterocycles. The molecule has 1 amide bonds. The normalized spacial score (nSPS) is 33.1. The number of carbonyl (C=O) groups is 2. The average Bonchev–Trinajstić information content (AvgIpc) is 3.40. The second kappa shape index (κ2) is 8.37. The number of rotatable bonds is 6. The molecule has 5 atom stereocenters. The molecule has 200 valence electrons. The second-order valence-corrected chi connectivity index (χ2v) is 11.8. The van der Waals surface area contributed by atoms with Crippen LogP contribution in [-0.4, -0.2) is 70.7 Å². The van der Waals surface area contributed by atoms with Crippen LogP contribution in [-0.2, 0) is 26.2 Å². The van der Waals surface area contributed by atoms with Crippen molar-refractivity contribution in [2.45, 2.75) is 74.7 Å². The monoisotopic (exact) mass is 518 g/mol. The van der Waals surface area contributed by atoms with Gasteiger partial charge in [-0.1, -0.05) is 6.07 Å². The van der Waals surface area contributed by atoms with Gasteiger partial charge in [-0.15, -0.1) is 0 Å². The molecule has 0 unspecified atom stereocenters. The Hall–Kier alpha value is -3.26. The van der Waals surface area contributed by atoms with E-state index in [1.807, 2.05) is 13.1 Å². The Kier molecular flexibility index (Phi) is 5.25. The van der Waals surface area contributed by atoms with Gasteiger partial charge in [0.2, 0.25) is 5.91 Å². The van der Waals surface area contributed by atoms with Crippen molar-refractivity contribution in [2.75, 3.05) is 20.1 Å². The van der Waals surface area contributed by atoms with Gasteiger partial charge in [-0.25, -0.2) is 0 Å². The summed E-state index contributed by atoms with van der Waals surface area (Å²) in [5.74, 6) is 0.905. The first-order chi connectivity index (χ1) is 18.3. The van der Waals surface area contributed by atoms with Crippen molar-refractivity contribution in [3.05, 3.63) is 53.5 Å². The number of ether oxygens (including phenoxy) is 2. The van der Waals surface area contributed by atoms with Crippen LogP contribution < -0.4 is 4.74 Å². The highest BCUT2D eigenvalue weighted by molar-refractivity contribution is 5.92. The summed E-state index contributed by atoms with van der Waals surface area (Å²) in [7, 11) is 1.82. The maximum Gasteiger partial charge on any atom is 0.303 e. The van der Waals surface area contributed by atoms with Gasteiger partial charge in [-0.3, -0.25) is 14.5 Å². The van der Waals surface area contributed by atoms with E-state index >= 15 is 0 Å². The van der Waals surface area contributed by atoms with E-state index in [0.29, 0.717) is 24.5 Å². The van der Waals surface area contributed by atoms with Crippen LogP contribution in [0.4, 0.5) is 0 Å². The number of nitrogens with zero attached hydrogens (tertiary/aromatic N) is 2. The number of benzene rings is 1. The van der Waals surface area contributed by atoms with E-state index in [0.717, 1.165) is 42.6 Å². The Morgan fingerprint density at radius 1 is 1.24 bits per heavy atom. The maximum absolute atomic E-state index is 13.3. The highest BCUT2D eigenvalue weighted by Gasteiger charge is 2.75. The summed E-state index contributed by atoms with van der Waals surface area (Å²) < 4.78 is 18.3. The quantitative estimate of drug-likeness (QED) is 0.461. The summed E-state index contributed by atoms with van der Waals surface area (Å²) >= 11 is 0. The molecule has 7 rings (SSSR count). The molecule has 1 aromatic heterocycles. The first kappa shape index (κ1) is 23.8. The number of furan rings is 1. The van der Waals surface area contributed by atoms with Gasteiger partial charge in [-0.05, 0) is 74.8 Å². The minimum atomic E-state index is -0.768. The molecule has 2 saturated carbocycles. The molecule has 3 fully saturated rings. The van der Waals surface area contributed by atoms with Crippen LogP contribution in [0.3, 0.4) is 0 Å². The number of phenolic OH excluding ortho intramolecular Hbond substituents is 1. The van der Waals surface area contributed by atoms with Crippen molar-refractivity contribution in [3.63, 3.8) is 0 Å². The molecule has 3 aliphatic carbocycles. The Morgan fingerprint density at radius 2 is 2.08 bits per heavy atom. The molecular weight excluding hydrogens is 484 g/mol. The van der Waals surface area contributed by atoms with Crippen molar-refractivity contribution in [3.8, 4) is 11.5 Å². The van der Waals surface area contributed by atoms with Gasteiger partial charge in [-0.2, -0.15) is 0 Å². The first-order valence-corrected chi connectivity index (χ1v) is 13.8. The third-order valence-corrected chi connectivity index (χ3v) is 9.82. The van der Waals surface area contributed by atoms with Crippen molar-refractivity contribution >= 4 is 18.0 Å². The van der Waals surface area contributed by atoms with E-state index in [-0.39, 0.29) is 29.7 Å². The lowest BCUT2D eigenvalue weighted by Gasteiger charge is -2.65. The molecule has 1 spiro atoms. The van der Waals surface area contributed by atoms with Gasteiger partial charge in [0.1, 0.15) is 11.7 Å². The molecule has 1 aromatic carbocycles. The van der Waals surface area contributed by atoms with Gasteiger partial charge in [0.25, 0.3) is 0 Å². The molecular formula is C30H34N2O6. The Balaban J connectivity index is 1.32. The van der Waals surface area contributed by atoms with Crippen LogP contribution in [0.1, 0.15) is 55.7 Å². The summed E-state index contributed by atoms with van der Waals surface area (Å²) in [6.45, 7) is 3.40. The summed E-state index contributed by atoms with van der Waals surface area (Å²) in [6, 6.07) is 5.33. The van der Waals surface area contributed by atoms with Crippen LogP contribution in [0.25, 0.3) is 6.08 Å². The first-order valence-electron chi connectivity index (χ1n) is 13.8. The zero-order valence-corrected chi connectivity index (χ0v) is 21.9. The SMILES string of the molecule is CC(=O)O[C@@]12CC[C@@H](N(C)C(=O)/C=C/c3ccoc3)[C@@H]3Oc4c(O)ccc5c4[C@@]31CCN(CC1CC1)[C@@H]2C5. The van der Waals surface area contributed by atoms with Crippen molar-refractivity contribution in [1.29, 1.82) is 0 Å². The Bertz CT molecular complexity index is 1320. The summed E-state index contributed by atoms with van der Waals surface area (Å²) in [6.07, 6.45) is 11.3. The van der Waals surface area contributed by atoms with Gasteiger partial charge in [0.15, 0.2) is 11.5 Å². The third kappa shape index (κ3) is 3.25. The predicted octanol–water partition coefficient (Wildman–Crippen LogP) is 3.66. The molecule has 2 aliphatic heterocycles. The zero-order chi connectivity index (χ0) is 26.2. The average molecular weight is 519 g/mol. The fourth-order valence-corrected chi connectivity index (χ4v) is 8.10. The zero-order valence-electron chi connectivity index (χ0n) is 21.9. The fourth-order valence-electron chi connectivity index (χ4n) is 8.10.